The number of aromatic hydroxyl groups is 1. The van der Waals surface area contributed by atoms with E-state index in [1.807, 2.05) is 17.0 Å². The maximum atomic E-state index is 14.4. The summed E-state index contributed by atoms with van der Waals surface area (Å²) in [7, 11) is 1.51. The lowest BCUT2D eigenvalue weighted by atomic mass is 10.1. The predicted molar refractivity (Wildman–Crippen MR) is 107 cm³/mol. The molecule has 3 rings (SSSR count). The highest BCUT2D eigenvalue weighted by Gasteiger charge is 2.18. The number of phenolic OH excluding ortho intramolecular Hbond substituents is 1. The first-order chi connectivity index (χ1) is 13.5. The van der Waals surface area contributed by atoms with Crippen LogP contribution in [0.5, 0.6) is 11.5 Å². The van der Waals surface area contributed by atoms with Gasteiger partial charge in [0.1, 0.15) is 17.3 Å². The number of hydrogen-bond acceptors (Lipinski definition) is 4. The lowest BCUT2D eigenvalue weighted by Crippen LogP contribution is -2.23. The fraction of sp³-hybridized carbons (Fsp3) is 0.136. The monoisotopic (exact) mass is 396 g/mol. The molecule has 28 heavy (non-hydrogen) atoms. The summed E-state index contributed by atoms with van der Waals surface area (Å²) >= 11 is 6.23. The molecule has 1 N–H and O–H groups in total. The Labute approximate surface area is 168 Å². The molecule has 0 radical (unpaired) electrons. The highest BCUT2D eigenvalue weighted by atomic mass is 35.5. The van der Waals surface area contributed by atoms with E-state index in [0.717, 1.165) is 5.56 Å². The first kappa shape index (κ1) is 19.5. The van der Waals surface area contributed by atoms with Gasteiger partial charge in [-0.25, -0.2) is 4.39 Å². The van der Waals surface area contributed by atoms with Gasteiger partial charge in [0.2, 0.25) is 0 Å². The molecule has 6 heteroatoms. The quantitative estimate of drug-likeness (QED) is 0.616. The normalized spacial score (nSPS) is 10.4. The molecule has 0 aliphatic heterocycles. The van der Waals surface area contributed by atoms with E-state index in [0.29, 0.717) is 34.1 Å². The van der Waals surface area contributed by atoms with Gasteiger partial charge in [0.15, 0.2) is 0 Å². The van der Waals surface area contributed by atoms with Crippen molar-refractivity contribution >= 4 is 17.3 Å². The largest absolute Gasteiger partial charge is 0.508 e. The predicted octanol–water partition coefficient (Wildman–Crippen LogP) is 5.27. The van der Waals surface area contributed by atoms with Crippen molar-refractivity contribution in [1.82, 2.24) is 0 Å². The zero-order valence-electron chi connectivity index (χ0n) is 15.2. The van der Waals surface area contributed by atoms with Crippen LogP contribution in [0, 0.1) is 17.1 Å². The lowest BCUT2D eigenvalue weighted by molar-refractivity contribution is 0.407. The Hall–Kier alpha value is -3.23. The van der Waals surface area contributed by atoms with Crippen LogP contribution in [0.4, 0.5) is 10.1 Å². The molecule has 0 fully saturated rings. The molecule has 0 aliphatic rings. The number of halogens is 2. The number of rotatable bonds is 6. The van der Waals surface area contributed by atoms with Gasteiger partial charge < -0.3 is 14.7 Å². The van der Waals surface area contributed by atoms with E-state index in [4.69, 9.17) is 21.6 Å². The first-order valence-corrected chi connectivity index (χ1v) is 8.93. The summed E-state index contributed by atoms with van der Waals surface area (Å²) in [6.07, 6.45) is 0. The van der Waals surface area contributed by atoms with Gasteiger partial charge >= 0.3 is 0 Å². The minimum Gasteiger partial charge on any atom is -0.508 e. The van der Waals surface area contributed by atoms with Crippen LogP contribution < -0.4 is 9.64 Å². The van der Waals surface area contributed by atoms with Crippen molar-refractivity contribution in [2.24, 2.45) is 0 Å². The van der Waals surface area contributed by atoms with E-state index in [-0.39, 0.29) is 12.3 Å². The van der Waals surface area contributed by atoms with Crippen LogP contribution in [-0.4, -0.2) is 12.2 Å². The standard InChI is InChI=1S/C22H18ClFN2O2/c1-28-22-11-17(27)9-10-21(22)26(13-16-7-5-15(12-25)6-8-16)14-18-19(23)3-2-4-20(18)24/h2-11,27H,13-14H2,1H3. The summed E-state index contributed by atoms with van der Waals surface area (Å²) in [5.41, 5.74) is 2.55. The van der Waals surface area contributed by atoms with Gasteiger partial charge in [-0.2, -0.15) is 5.26 Å². The van der Waals surface area contributed by atoms with E-state index >= 15 is 0 Å². The summed E-state index contributed by atoms with van der Waals surface area (Å²) in [5, 5.41) is 19.1. The Bertz CT molecular complexity index is 996. The molecule has 0 aromatic heterocycles. The maximum absolute atomic E-state index is 14.4. The number of anilines is 1. The molecule has 4 nitrogen and oxygen atoms in total. The molecule has 0 atom stereocenters. The second kappa shape index (κ2) is 8.64. The third-order valence-electron chi connectivity index (χ3n) is 4.37. The van der Waals surface area contributed by atoms with Crippen LogP contribution in [0.15, 0.2) is 60.7 Å². The molecule has 0 heterocycles. The van der Waals surface area contributed by atoms with Crippen LogP contribution in [0.25, 0.3) is 0 Å². The molecule has 0 saturated heterocycles. The second-order valence-electron chi connectivity index (χ2n) is 6.22. The fourth-order valence-electron chi connectivity index (χ4n) is 2.93. The van der Waals surface area contributed by atoms with Gasteiger partial charge in [0, 0.05) is 29.7 Å². The molecule has 142 valence electrons. The fourth-order valence-corrected chi connectivity index (χ4v) is 3.16. The minimum atomic E-state index is -0.393. The number of ether oxygens (including phenoxy) is 1. The molecule has 0 saturated carbocycles. The van der Waals surface area contributed by atoms with E-state index in [2.05, 4.69) is 6.07 Å². The van der Waals surface area contributed by atoms with Gasteiger partial charge in [0.25, 0.3) is 0 Å². The topological polar surface area (TPSA) is 56.5 Å². The third kappa shape index (κ3) is 4.36. The summed E-state index contributed by atoms with van der Waals surface area (Å²) in [6, 6.07) is 18.6. The smallest absolute Gasteiger partial charge is 0.145 e. The lowest BCUT2D eigenvalue weighted by Gasteiger charge is -2.27. The number of nitriles is 1. The van der Waals surface area contributed by atoms with Gasteiger partial charge in [-0.05, 0) is 42.0 Å². The van der Waals surface area contributed by atoms with Crippen molar-refractivity contribution in [3.05, 3.63) is 88.2 Å². The van der Waals surface area contributed by atoms with Crippen LogP contribution in [0.2, 0.25) is 5.02 Å². The molecule has 0 spiro atoms. The maximum Gasteiger partial charge on any atom is 0.145 e. The van der Waals surface area contributed by atoms with Crippen LogP contribution in [-0.2, 0) is 13.1 Å². The van der Waals surface area contributed by atoms with Crippen LogP contribution in [0.3, 0.4) is 0 Å². The van der Waals surface area contributed by atoms with E-state index < -0.39 is 5.82 Å². The van der Waals surface area contributed by atoms with Crippen molar-refractivity contribution in [2.45, 2.75) is 13.1 Å². The first-order valence-electron chi connectivity index (χ1n) is 8.55. The van der Waals surface area contributed by atoms with Gasteiger partial charge in [-0.1, -0.05) is 29.8 Å². The molecule has 0 amide bonds. The Morgan fingerprint density at radius 2 is 1.86 bits per heavy atom. The molecule has 0 aliphatic carbocycles. The number of nitrogens with zero attached hydrogens (tertiary/aromatic N) is 2. The van der Waals surface area contributed by atoms with Gasteiger partial charge in [-0.3, -0.25) is 0 Å². The zero-order chi connectivity index (χ0) is 20.1. The molecule has 3 aromatic rings. The average Bonchev–Trinajstić information content (AvgIpc) is 2.70. The van der Waals surface area contributed by atoms with E-state index in [1.165, 1.54) is 19.2 Å². The van der Waals surface area contributed by atoms with Crippen molar-refractivity contribution in [1.29, 1.82) is 5.26 Å². The van der Waals surface area contributed by atoms with Crippen molar-refractivity contribution in [3.8, 4) is 17.6 Å². The van der Waals surface area contributed by atoms with Crippen LogP contribution in [0.1, 0.15) is 16.7 Å². The Balaban J connectivity index is 2.01. The SMILES string of the molecule is COc1cc(O)ccc1N(Cc1ccc(C#N)cc1)Cc1c(F)cccc1Cl. The number of benzene rings is 3. The third-order valence-corrected chi connectivity index (χ3v) is 4.73. The minimum absolute atomic E-state index is 0.0721. The molecule has 3 aromatic carbocycles. The Morgan fingerprint density at radius 1 is 1.11 bits per heavy atom. The summed E-state index contributed by atoms with van der Waals surface area (Å²) in [5.74, 6) is 0.138. The number of phenols is 1. The van der Waals surface area contributed by atoms with Crippen molar-refractivity contribution in [3.63, 3.8) is 0 Å². The highest BCUT2D eigenvalue weighted by molar-refractivity contribution is 6.31. The summed E-state index contributed by atoms with van der Waals surface area (Å²) < 4.78 is 19.8. The van der Waals surface area contributed by atoms with E-state index in [9.17, 15) is 9.50 Å². The van der Waals surface area contributed by atoms with Gasteiger partial charge in [0.05, 0.1) is 24.4 Å². The summed E-state index contributed by atoms with van der Waals surface area (Å²) in [6.45, 7) is 0.629. The van der Waals surface area contributed by atoms with Gasteiger partial charge in [-0.15, -0.1) is 0 Å². The van der Waals surface area contributed by atoms with Crippen LogP contribution >= 0.6 is 11.6 Å². The molecular weight excluding hydrogens is 379 g/mol. The average molecular weight is 397 g/mol. The zero-order valence-corrected chi connectivity index (χ0v) is 15.9. The van der Waals surface area contributed by atoms with Crippen molar-refractivity contribution in [2.75, 3.05) is 12.0 Å². The molecule has 0 bridgehead atoms. The molecular formula is C22H18ClFN2O2. The second-order valence-corrected chi connectivity index (χ2v) is 6.63. The number of methoxy groups -OCH3 is 1. The van der Waals surface area contributed by atoms with E-state index in [1.54, 1.807) is 36.4 Å². The highest BCUT2D eigenvalue weighted by Crippen LogP contribution is 2.35. The Morgan fingerprint density at radius 3 is 2.50 bits per heavy atom. The summed E-state index contributed by atoms with van der Waals surface area (Å²) in [4.78, 5) is 1.91. The molecule has 0 unspecified atom stereocenters. The number of hydrogen-bond donors (Lipinski definition) is 1. The van der Waals surface area contributed by atoms with Crippen molar-refractivity contribution < 1.29 is 14.2 Å². The Kier molecular flexibility index (Phi) is 6.03.